The van der Waals surface area contributed by atoms with E-state index in [4.69, 9.17) is 5.41 Å². The summed E-state index contributed by atoms with van der Waals surface area (Å²) in [5.74, 6) is 0.716. The SMILES string of the molecule is CN/C(N[C@H]1CCCN(C(=O)CNc2ccccc2C(F)(F)F)C1)=C1/C=CNC1=N. The maximum atomic E-state index is 13.1. The zero-order valence-electron chi connectivity index (χ0n) is 16.6. The van der Waals surface area contributed by atoms with Crippen LogP contribution in [-0.4, -0.2) is 49.4 Å². The molecule has 1 atom stereocenters. The number of para-hydroxylation sites is 1. The molecule has 0 unspecified atom stereocenters. The van der Waals surface area contributed by atoms with E-state index in [2.05, 4.69) is 21.3 Å². The maximum absolute atomic E-state index is 13.1. The van der Waals surface area contributed by atoms with Crippen molar-refractivity contribution in [2.24, 2.45) is 0 Å². The fourth-order valence-electron chi connectivity index (χ4n) is 3.56. The molecule has 0 bridgehead atoms. The molecule has 2 aliphatic heterocycles. The quantitative estimate of drug-likeness (QED) is 0.485. The fourth-order valence-corrected chi connectivity index (χ4v) is 3.56. The van der Waals surface area contributed by atoms with E-state index in [0.29, 0.717) is 24.5 Å². The van der Waals surface area contributed by atoms with Crippen LogP contribution in [-0.2, 0) is 11.0 Å². The minimum atomic E-state index is -4.49. The van der Waals surface area contributed by atoms with E-state index in [1.54, 1.807) is 24.2 Å². The largest absolute Gasteiger partial charge is 0.418 e. The molecule has 0 aliphatic carbocycles. The number of rotatable bonds is 6. The van der Waals surface area contributed by atoms with Crippen molar-refractivity contribution in [3.05, 3.63) is 53.5 Å². The number of halogens is 3. The molecule has 3 rings (SSSR count). The summed E-state index contributed by atoms with van der Waals surface area (Å²) >= 11 is 0. The standard InChI is InChI=1S/C20H25F3N6O/c1-25-19(14-8-9-26-18(14)24)28-13-5-4-10-29(12-13)17(30)11-27-16-7-3-2-6-15(16)20(21,22)23/h2-3,6-9,13,25,27-28H,4-5,10-12H2,1H3,(H2,24,26)/b19-14+/t13-/m0/s1. The first-order valence-corrected chi connectivity index (χ1v) is 9.68. The molecular formula is C20H25F3N6O. The summed E-state index contributed by atoms with van der Waals surface area (Å²) < 4.78 is 39.3. The normalized spacial score (nSPS) is 20.6. The van der Waals surface area contributed by atoms with Gasteiger partial charge in [-0.15, -0.1) is 0 Å². The first-order chi connectivity index (χ1) is 14.3. The number of piperidine rings is 1. The molecule has 10 heteroatoms. The van der Waals surface area contributed by atoms with E-state index in [-0.39, 0.29) is 30.0 Å². The number of nitrogens with one attached hydrogen (secondary N) is 5. The number of anilines is 1. The molecule has 1 aromatic rings. The second kappa shape index (κ2) is 9.10. The van der Waals surface area contributed by atoms with Gasteiger partial charge in [-0.25, -0.2) is 0 Å². The molecule has 0 spiro atoms. The van der Waals surface area contributed by atoms with Gasteiger partial charge in [0, 0.05) is 38.1 Å². The van der Waals surface area contributed by atoms with Crippen LogP contribution in [0.1, 0.15) is 18.4 Å². The van der Waals surface area contributed by atoms with Crippen LogP contribution in [0, 0.1) is 5.41 Å². The summed E-state index contributed by atoms with van der Waals surface area (Å²) in [4.78, 5) is 14.3. The Morgan fingerprint density at radius 3 is 2.77 bits per heavy atom. The van der Waals surface area contributed by atoms with Crippen LogP contribution in [0.4, 0.5) is 18.9 Å². The van der Waals surface area contributed by atoms with Crippen LogP contribution < -0.4 is 21.3 Å². The number of benzene rings is 1. The molecule has 30 heavy (non-hydrogen) atoms. The molecule has 1 fully saturated rings. The lowest BCUT2D eigenvalue weighted by atomic mass is 10.1. The zero-order chi connectivity index (χ0) is 21.7. The van der Waals surface area contributed by atoms with Gasteiger partial charge in [0.2, 0.25) is 5.91 Å². The van der Waals surface area contributed by atoms with E-state index < -0.39 is 11.7 Å². The number of likely N-dealkylation sites (tertiary alicyclic amines) is 1. The van der Waals surface area contributed by atoms with Gasteiger partial charge in [-0.3, -0.25) is 10.2 Å². The predicted octanol–water partition coefficient (Wildman–Crippen LogP) is 2.22. The summed E-state index contributed by atoms with van der Waals surface area (Å²) in [7, 11) is 1.75. The van der Waals surface area contributed by atoms with Crippen LogP contribution in [0.3, 0.4) is 0 Å². The monoisotopic (exact) mass is 422 g/mol. The highest BCUT2D eigenvalue weighted by Gasteiger charge is 2.33. The number of amidine groups is 1. The number of hydrogen-bond donors (Lipinski definition) is 5. The summed E-state index contributed by atoms with van der Waals surface area (Å²) in [5.41, 5.74) is -0.195. The van der Waals surface area contributed by atoms with E-state index in [1.165, 1.54) is 18.2 Å². The Balaban J connectivity index is 1.60. The first kappa shape index (κ1) is 21.5. The smallest absolute Gasteiger partial charge is 0.376 e. The van der Waals surface area contributed by atoms with Crippen LogP contribution in [0.2, 0.25) is 0 Å². The van der Waals surface area contributed by atoms with E-state index in [9.17, 15) is 18.0 Å². The Kier molecular flexibility index (Phi) is 6.53. The van der Waals surface area contributed by atoms with Gasteiger partial charge in [-0.1, -0.05) is 12.1 Å². The summed E-state index contributed by atoms with van der Waals surface area (Å²) in [6, 6.07) is 5.10. The Labute approximate surface area is 172 Å². The number of nitrogens with zero attached hydrogens (tertiary/aromatic N) is 1. The fraction of sp³-hybridized carbons (Fsp3) is 0.400. The van der Waals surface area contributed by atoms with Crippen molar-refractivity contribution in [3.8, 4) is 0 Å². The average Bonchev–Trinajstić information content (AvgIpc) is 3.15. The van der Waals surface area contributed by atoms with Crippen LogP contribution >= 0.6 is 0 Å². The molecule has 1 aromatic carbocycles. The van der Waals surface area contributed by atoms with Crippen LogP contribution in [0.25, 0.3) is 0 Å². The second-order valence-corrected chi connectivity index (χ2v) is 7.11. The lowest BCUT2D eigenvalue weighted by Crippen LogP contribution is -2.50. The Morgan fingerprint density at radius 1 is 1.33 bits per heavy atom. The Hall–Kier alpha value is -3.17. The third-order valence-corrected chi connectivity index (χ3v) is 5.05. The van der Waals surface area contributed by atoms with Gasteiger partial charge < -0.3 is 26.2 Å². The Bertz CT molecular complexity index is 864. The molecule has 1 amide bonds. The number of carbonyl (C=O) groups excluding carboxylic acids is 1. The van der Waals surface area contributed by atoms with Crippen molar-refractivity contribution in [1.29, 1.82) is 5.41 Å². The molecule has 1 saturated heterocycles. The minimum Gasteiger partial charge on any atom is -0.376 e. The molecule has 162 valence electrons. The number of amides is 1. The second-order valence-electron chi connectivity index (χ2n) is 7.11. The van der Waals surface area contributed by atoms with Gasteiger partial charge in [0.1, 0.15) is 11.7 Å². The molecule has 2 heterocycles. The van der Waals surface area contributed by atoms with E-state index in [1.807, 2.05) is 0 Å². The molecule has 2 aliphatic rings. The van der Waals surface area contributed by atoms with Gasteiger partial charge in [0.25, 0.3) is 0 Å². The topological polar surface area (TPSA) is 92.3 Å². The third kappa shape index (κ3) is 5.05. The molecule has 0 radical (unpaired) electrons. The summed E-state index contributed by atoms with van der Waals surface area (Å²) in [6.45, 7) is 0.782. The van der Waals surface area contributed by atoms with Crippen molar-refractivity contribution in [2.45, 2.75) is 25.1 Å². The average molecular weight is 422 g/mol. The van der Waals surface area contributed by atoms with Gasteiger partial charge >= 0.3 is 6.18 Å². The lowest BCUT2D eigenvalue weighted by molar-refractivity contribution is -0.137. The predicted molar refractivity (Wildman–Crippen MR) is 109 cm³/mol. The van der Waals surface area contributed by atoms with Gasteiger partial charge in [-0.2, -0.15) is 13.2 Å². The highest BCUT2D eigenvalue weighted by atomic mass is 19.4. The number of hydrogen-bond acceptors (Lipinski definition) is 5. The number of alkyl halides is 3. The summed E-state index contributed by atoms with van der Waals surface area (Å²) in [5, 5.41) is 19.7. The van der Waals surface area contributed by atoms with E-state index >= 15 is 0 Å². The van der Waals surface area contributed by atoms with Crippen molar-refractivity contribution in [1.82, 2.24) is 20.9 Å². The van der Waals surface area contributed by atoms with Gasteiger partial charge in [0.05, 0.1) is 17.7 Å². The van der Waals surface area contributed by atoms with Crippen molar-refractivity contribution < 1.29 is 18.0 Å². The van der Waals surface area contributed by atoms with E-state index in [0.717, 1.165) is 18.9 Å². The van der Waals surface area contributed by atoms with Crippen LogP contribution in [0.5, 0.6) is 0 Å². The van der Waals surface area contributed by atoms with Crippen molar-refractivity contribution in [2.75, 3.05) is 32.0 Å². The van der Waals surface area contributed by atoms with Crippen molar-refractivity contribution in [3.63, 3.8) is 0 Å². The van der Waals surface area contributed by atoms with Crippen LogP contribution in [0.15, 0.2) is 47.9 Å². The lowest BCUT2D eigenvalue weighted by Gasteiger charge is -2.34. The van der Waals surface area contributed by atoms with Gasteiger partial charge in [-0.05, 0) is 31.1 Å². The molecular weight excluding hydrogens is 397 g/mol. The molecule has 0 aromatic heterocycles. The molecule has 7 nitrogen and oxygen atoms in total. The maximum Gasteiger partial charge on any atom is 0.418 e. The number of carbonyl (C=O) groups is 1. The Morgan fingerprint density at radius 2 is 2.10 bits per heavy atom. The molecule has 5 N–H and O–H groups in total. The first-order valence-electron chi connectivity index (χ1n) is 9.68. The highest BCUT2D eigenvalue weighted by Crippen LogP contribution is 2.34. The highest BCUT2D eigenvalue weighted by molar-refractivity contribution is 6.02. The molecule has 0 saturated carbocycles. The third-order valence-electron chi connectivity index (χ3n) is 5.05. The van der Waals surface area contributed by atoms with Gasteiger partial charge in [0.15, 0.2) is 0 Å². The summed E-state index contributed by atoms with van der Waals surface area (Å²) in [6.07, 6.45) is 0.603. The minimum absolute atomic E-state index is 0.0260. The zero-order valence-corrected chi connectivity index (χ0v) is 16.6. The van der Waals surface area contributed by atoms with Crippen molar-refractivity contribution >= 4 is 17.4 Å².